The maximum Gasteiger partial charge on any atom is 0.276 e. The van der Waals surface area contributed by atoms with Gasteiger partial charge in [-0.25, -0.2) is 0 Å². The molecule has 1 amide bonds. The first-order chi connectivity index (χ1) is 8.47. The van der Waals surface area contributed by atoms with Gasteiger partial charge in [0.25, 0.3) is 11.6 Å². The molecule has 0 spiro atoms. The van der Waals surface area contributed by atoms with Gasteiger partial charge in [0.15, 0.2) is 0 Å². The fourth-order valence-corrected chi connectivity index (χ4v) is 2.59. The third-order valence-electron chi connectivity index (χ3n) is 2.11. The SMILES string of the molecule is O=C1NC(=S)SC1=Cc1cc(Cl)ccc1[N+](=O)[O-]. The highest BCUT2D eigenvalue weighted by molar-refractivity contribution is 8.26. The number of nitro benzene ring substituents is 1. The van der Waals surface area contributed by atoms with E-state index < -0.39 is 4.92 Å². The first kappa shape index (κ1) is 13.0. The Kier molecular flexibility index (Phi) is 3.65. The lowest BCUT2D eigenvalue weighted by atomic mass is 10.1. The number of nitro groups is 1. The number of nitrogens with one attached hydrogen (secondary N) is 1. The summed E-state index contributed by atoms with van der Waals surface area (Å²) in [6.07, 6.45) is 1.41. The first-order valence-corrected chi connectivity index (χ1v) is 6.26. The van der Waals surface area contributed by atoms with Gasteiger partial charge in [-0.1, -0.05) is 35.6 Å². The second kappa shape index (κ2) is 5.05. The Morgan fingerprint density at radius 1 is 1.50 bits per heavy atom. The van der Waals surface area contributed by atoms with Crippen LogP contribution in [0.3, 0.4) is 0 Å². The van der Waals surface area contributed by atoms with Crippen molar-refractivity contribution in [1.29, 1.82) is 0 Å². The highest BCUT2D eigenvalue weighted by Crippen LogP contribution is 2.30. The minimum absolute atomic E-state index is 0.113. The molecule has 1 aromatic rings. The zero-order valence-electron chi connectivity index (χ0n) is 8.68. The average Bonchev–Trinajstić information content (AvgIpc) is 2.57. The summed E-state index contributed by atoms with van der Waals surface area (Å²) in [6, 6.07) is 4.15. The molecule has 92 valence electrons. The summed E-state index contributed by atoms with van der Waals surface area (Å²) in [5.74, 6) is -0.362. The number of thioether (sulfide) groups is 1. The number of hydrogen-bond acceptors (Lipinski definition) is 5. The number of rotatable bonds is 2. The number of thiocarbonyl (C=S) groups is 1. The van der Waals surface area contributed by atoms with Gasteiger partial charge in [0.1, 0.15) is 4.32 Å². The van der Waals surface area contributed by atoms with Gasteiger partial charge in [0.2, 0.25) is 0 Å². The van der Waals surface area contributed by atoms with Crippen molar-refractivity contribution in [2.45, 2.75) is 0 Å². The zero-order chi connectivity index (χ0) is 13.3. The molecule has 8 heteroatoms. The Morgan fingerprint density at radius 2 is 2.22 bits per heavy atom. The van der Waals surface area contributed by atoms with Gasteiger partial charge in [0.05, 0.1) is 15.4 Å². The topological polar surface area (TPSA) is 72.2 Å². The van der Waals surface area contributed by atoms with Crippen LogP contribution in [0.2, 0.25) is 5.02 Å². The van der Waals surface area contributed by atoms with Crippen molar-refractivity contribution in [3.63, 3.8) is 0 Å². The molecule has 0 unspecified atom stereocenters. The largest absolute Gasteiger partial charge is 0.307 e. The third kappa shape index (κ3) is 2.69. The van der Waals surface area contributed by atoms with Crippen LogP contribution in [0.5, 0.6) is 0 Å². The van der Waals surface area contributed by atoms with Gasteiger partial charge in [-0.15, -0.1) is 0 Å². The van der Waals surface area contributed by atoms with Gasteiger partial charge < -0.3 is 5.32 Å². The van der Waals surface area contributed by atoms with Crippen molar-refractivity contribution in [1.82, 2.24) is 5.32 Å². The second-order valence-electron chi connectivity index (χ2n) is 3.31. The van der Waals surface area contributed by atoms with Crippen LogP contribution >= 0.6 is 35.6 Å². The third-order valence-corrected chi connectivity index (χ3v) is 3.51. The van der Waals surface area contributed by atoms with E-state index in [-0.39, 0.29) is 17.2 Å². The van der Waals surface area contributed by atoms with Crippen LogP contribution in [0, 0.1) is 10.1 Å². The number of amides is 1. The normalized spacial score (nSPS) is 17.1. The highest BCUT2D eigenvalue weighted by Gasteiger charge is 2.23. The van der Waals surface area contributed by atoms with E-state index in [9.17, 15) is 14.9 Å². The molecule has 0 radical (unpaired) electrons. The Hall–Kier alpha value is -1.44. The lowest BCUT2D eigenvalue weighted by Gasteiger charge is -1.99. The Labute approximate surface area is 116 Å². The maximum absolute atomic E-state index is 11.5. The van der Waals surface area contributed by atoms with Crippen molar-refractivity contribution < 1.29 is 9.72 Å². The minimum Gasteiger partial charge on any atom is -0.307 e. The molecule has 1 heterocycles. The molecule has 0 saturated carbocycles. The van der Waals surface area contributed by atoms with Gasteiger partial charge in [-0.2, -0.15) is 0 Å². The monoisotopic (exact) mass is 300 g/mol. The summed E-state index contributed by atoms with van der Waals surface area (Å²) in [4.78, 5) is 22.1. The van der Waals surface area contributed by atoms with Crippen molar-refractivity contribution in [3.8, 4) is 0 Å². The molecule has 2 rings (SSSR count). The minimum atomic E-state index is -0.529. The molecule has 1 aromatic carbocycles. The van der Waals surface area contributed by atoms with Crippen LogP contribution in [-0.2, 0) is 4.79 Å². The predicted molar refractivity (Wildman–Crippen MR) is 74.4 cm³/mol. The first-order valence-electron chi connectivity index (χ1n) is 4.66. The van der Waals surface area contributed by atoms with E-state index in [2.05, 4.69) is 5.32 Å². The van der Waals surface area contributed by atoms with Crippen LogP contribution in [0.4, 0.5) is 5.69 Å². The van der Waals surface area contributed by atoms with Crippen molar-refractivity contribution in [2.24, 2.45) is 0 Å². The molecule has 1 fully saturated rings. The van der Waals surface area contributed by atoms with Gasteiger partial charge in [-0.05, 0) is 18.2 Å². The molecule has 1 aliphatic heterocycles. The van der Waals surface area contributed by atoms with E-state index >= 15 is 0 Å². The Morgan fingerprint density at radius 3 is 2.78 bits per heavy atom. The zero-order valence-corrected chi connectivity index (χ0v) is 11.1. The number of halogens is 1. The van der Waals surface area contributed by atoms with Gasteiger partial charge in [0, 0.05) is 11.1 Å². The molecule has 5 nitrogen and oxygen atoms in total. The van der Waals surface area contributed by atoms with Crippen LogP contribution in [-0.4, -0.2) is 15.2 Å². The summed E-state index contributed by atoms with van der Waals surface area (Å²) in [7, 11) is 0. The molecule has 0 bridgehead atoms. The standard InChI is InChI=1S/C10H5ClN2O3S2/c11-6-1-2-7(13(15)16)5(3-6)4-8-9(14)12-10(17)18-8/h1-4H,(H,12,14,17). The summed E-state index contributed by atoms with van der Waals surface area (Å²) in [5, 5.41) is 13.6. The molecule has 0 atom stereocenters. The van der Waals surface area contributed by atoms with E-state index in [4.69, 9.17) is 23.8 Å². The fourth-order valence-electron chi connectivity index (χ4n) is 1.37. The average molecular weight is 301 g/mol. The fraction of sp³-hybridized carbons (Fsp3) is 0. The Bertz CT molecular complexity index is 601. The van der Waals surface area contributed by atoms with Crippen molar-refractivity contribution >= 4 is 57.6 Å². The lowest BCUT2D eigenvalue weighted by Crippen LogP contribution is -2.17. The van der Waals surface area contributed by atoms with E-state index in [1.165, 1.54) is 24.3 Å². The summed E-state index contributed by atoms with van der Waals surface area (Å²) in [6.45, 7) is 0. The van der Waals surface area contributed by atoms with E-state index in [1.807, 2.05) is 0 Å². The van der Waals surface area contributed by atoms with Crippen molar-refractivity contribution in [3.05, 3.63) is 43.8 Å². The van der Waals surface area contributed by atoms with Crippen LogP contribution < -0.4 is 5.32 Å². The van der Waals surface area contributed by atoms with E-state index in [0.717, 1.165) is 11.8 Å². The summed E-state index contributed by atoms with van der Waals surface area (Å²) in [5.41, 5.74) is 0.160. The lowest BCUT2D eigenvalue weighted by molar-refractivity contribution is -0.385. The number of hydrogen-bond donors (Lipinski definition) is 1. The molecule has 0 aliphatic carbocycles. The molecule has 0 aromatic heterocycles. The smallest absolute Gasteiger partial charge is 0.276 e. The van der Waals surface area contributed by atoms with Gasteiger partial charge >= 0.3 is 0 Å². The van der Waals surface area contributed by atoms with E-state index in [0.29, 0.717) is 14.2 Å². The van der Waals surface area contributed by atoms with Crippen LogP contribution in [0.25, 0.3) is 6.08 Å². The quantitative estimate of drug-likeness (QED) is 0.393. The summed E-state index contributed by atoms with van der Waals surface area (Å²) >= 11 is 11.7. The highest BCUT2D eigenvalue weighted by atomic mass is 35.5. The van der Waals surface area contributed by atoms with Crippen LogP contribution in [0.15, 0.2) is 23.1 Å². The maximum atomic E-state index is 11.5. The van der Waals surface area contributed by atoms with Crippen LogP contribution in [0.1, 0.15) is 5.56 Å². The molecular formula is C10H5ClN2O3S2. The molecule has 1 saturated heterocycles. The van der Waals surface area contributed by atoms with Gasteiger partial charge in [-0.3, -0.25) is 14.9 Å². The van der Waals surface area contributed by atoms with E-state index in [1.54, 1.807) is 0 Å². The van der Waals surface area contributed by atoms with Crippen molar-refractivity contribution in [2.75, 3.05) is 0 Å². The molecule has 1 aliphatic rings. The predicted octanol–water partition coefficient (Wildman–Crippen LogP) is 2.74. The number of nitrogens with zero attached hydrogens (tertiary/aromatic N) is 1. The number of carbonyl (C=O) groups is 1. The number of benzene rings is 1. The molecule has 18 heavy (non-hydrogen) atoms. The second-order valence-corrected chi connectivity index (χ2v) is 5.47. The number of carbonyl (C=O) groups excluding carboxylic acids is 1. The molecular weight excluding hydrogens is 296 g/mol. The molecule has 1 N–H and O–H groups in total. The Balaban J connectivity index is 2.48. The summed E-state index contributed by atoms with van der Waals surface area (Å²) < 4.78 is 0.330.